The predicted molar refractivity (Wildman–Crippen MR) is 57.6 cm³/mol. The van der Waals surface area contributed by atoms with Crippen LogP contribution < -0.4 is 10.6 Å². The van der Waals surface area contributed by atoms with Crippen LogP contribution in [0.25, 0.3) is 0 Å². The fourth-order valence-corrected chi connectivity index (χ4v) is 1.53. The number of hydrogen-bond acceptors (Lipinski definition) is 3. The van der Waals surface area contributed by atoms with Gasteiger partial charge < -0.3 is 15.4 Å². The molecule has 0 aliphatic carbocycles. The molecule has 1 aromatic carbocycles. The molecule has 1 aliphatic heterocycles. The van der Waals surface area contributed by atoms with E-state index in [1.54, 1.807) is 0 Å². The Labute approximate surface area is 97.0 Å². The van der Waals surface area contributed by atoms with Gasteiger partial charge in [-0.05, 0) is 12.1 Å². The summed E-state index contributed by atoms with van der Waals surface area (Å²) in [4.78, 5) is 11.7. The molecule has 17 heavy (non-hydrogen) atoms. The molecule has 1 heterocycles. The van der Waals surface area contributed by atoms with Crippen LogP contribution in [0, 0.1) is 11.6 Å². The Balaban J connectivity index is 1.99. The Bertz CT molecular complexity index is 420. The van der Waals surface area contributed by atoms with Crippen molar-refractivity contribution in [2.75, 3.05) is 25.0 Å². The monoisotopic (exact) mass is 242 g/mol. The summed E-state index contributed by atoms with van der Waals surface area (Å²) >= 11 is 0. The van der Waals surface area contributed by atoms with Crippen molar-refractivity contribution in [3.05, 3.63) is 29.8 Å². The van der Waals surface area contributed by atoms with E-state index in [-0.39, 0.29) is 11.6 Å². The second-order valence-electron chi connectivity index (χ2n) is 3.68. The molecule has 0 bridgehead atoms. The van der Waals surface area contributed by atoms with Crippen molar-refractivity contribution in [2.45, 2.75) is 6.10 Å². The molecule has 0 radical (unpaired) electrons. The first-order valence-electron chi connectivity index (χ1n) is 5.25. The maximum absolute atomic E-state index is 12.9. The van der Waals surface area contributed by atoms with Crippen LogP contribution in [0.1, 0.15) is 0 Å². The maximum Gasteiger partial charge on any atom is 0.254 e. The summed E-state index contributed by atoms with van der Waals surface area (Å²) in [5.41, 5.74) is 0.211. The standard InChI is InChI=1S/C11H12F2N2O2/c12-8-2-1-7(5-9(8)13)15-11(16)10-6-14-3-4-17-10/h1-2,5,10,14H,3-4,6H2,(H,15,16). The second kappa shape index (κ2) is 5.20. The van der Waals surface area contributed by atoms with Gasteiger partial charge >= 0.3 is 0 Å². The molecule has 2 rings (SSSR count). The number of benzene rings is 1. The van der Waals surface area contributed by atoms with E-state index in [1.165, 1.54) is 6.07 Å². The SMILES string of the molecule is O=C(Nc1ccc(F)c(F)c1)C1CNCCO1. The van der Waals surface area contributed by atoms with Gasteiger partial charge in [0.05, 0.1) is 6.61 Å². The number of hydrogen-bond donors (Lipinski definition) is 2. The molecule has 0 aromatic heterocycles. The molecule has 1 aromatic rings. The zero-order valence-electron chi connectivity index (χ0n) is 9.00. The highest BCUT2D eigenvalue weighted by atomic mass is 19.2. The van der Waals surface area contributed by atoms with Crippen molar-refractivity contribution < 1.29 is 18.3 Å². The third kappa shape index (κ3) is 2.98. The van der Waals surface area contributed by atoms with Crippen LogP contribution in [0.3, 0.4) is 0 Å². The molecule has 1 amide bonds. The lowest BCUT2D eigenvalue weighted by Gasteiger charge is -2.22. The predicted octanol–water partition coefficient (Wildman–Crippen LogP) is 0.892. The van der Waals surface area contributed by atoms with Gasteiger partial charge in [-0.2, -0.15) is 0 Å². The first-order valence-corrected chi connectivity index (χ1v) is 5.25. The Morgan fingerprint density at radius 3 is 2.88 bits per heavy atom. The highest BCUT2D eigenvalue weighted by Gasteiger charge is 2.21. The summed E-state index contributed by atoms with van der Waals surface area (Å²) < 4.78 is 30.8. The summed E-state index contributed by atoms with van der Waals surface area (Å²) in [6.45, 7) is 1.57. The summed E-state index contributed by atoms with van der Waals surface area (Å²) in [6.07, 6.45) is -0.600. The van der Waals surface area contributed by atoms with Gasteiger partial charge in [0.1, 0.15) is 6.10 Å². The zero-order valence-corrected chi connectivity index (χ0v) is 9.00. The topological polar surface area (TPSA) is 50.4 Å². The van der Waals surface area contributed by atoms with Gasteiger partial charge in [-0.3, -0.25) is 4.79 Å². The molecular weight excluding hydrogens is 230 g/mol. The quantitative estimate of drug-likeness (QED) is 0.809. The van der Waals surface area contributed by atoms with Crippen LogP contribution >= 0.6 is 0 Å². The molecule has 6 heteroatoms. The van der Waals surface area contributed by atoms with E-state index in [2.05, 4.69) is 10.6 Å². The molecule has 0 saturated carbocycles. The molecule has 1 unspecified atom stereocenters. The molecular formula is C11H12F2N2O2. The lowest BCUT2D eigenvalue weighted by Crippen LogP contribution is -2.45. The highest BCUT2D eigenvalue weighted by Crippen LogP contribution is 2.13. The molecule has 0 spiro atoms. The average molecular weight is 242 g/mol. The summed E-state index contributed by atoms with van der Waals surface area (Å²) in [5.74, 6) is -2.31. The number of morpholine rings is 1. The molecule has 1 aliphatic rings. The molecule has 1 atom stereocenters. The largest absolute Gasteiger partial charge is 0.366 e. The van der Waals surface area contributed by atoms with E-state index in [0.717, 1.165) is 12.1 Å². The second-order valence-corrected chi connectivity index (χ2v) is 3.68. The average Bonchev–Trinajstić information content (AvgIpc) is 2.35. The minimum absolute atomic E-state index is 0.211. The molecule has 92 valence electrons. The van der Waals surface area contributed by atoms with E-state index in [1.807, 2.05) is 0 Å². The van der Waals surface area contributed by atoms with Crippen LogP contribution in [0.2, 0.25) is 0 Å². The third-order valence-corrected chi connectivity index (χ3v) is 2.41. The van der Waals surface area contributed by atoms with Crippen molar-refractivity contribution in [3.63, 3.8) is 0 Å². The number of amides is 1. The Hall–Kier alpha value is -1.53. The van der Waals surface area contributed by atoms with Crippen molar-refractivity contribution in [1.29, 1.82) is 0 Å². The molecule has 1 saturated heterocycles. The van der Waals surface area contributed by atoms with Crippen molar-refractivity contribution in [3.8, 4) is 0 Å². The Morgan fingerprint density at radius 1 is 1.41 bits per heavy atom. The minimum Gasteiger partial charge on any atom is -0.366 e. The van der Waals surface area contributed by atoms with Crippen molar-refractivity contribution in [2.24, 2.45) is 0 Å². The van der Waals surface area contributed by atoms with Crippen LogP contribution in [0.5, 0.6) is 0 Å². The minimum atomic E-state index is -0.995. The fraction of sp³-hybridized carbons (Fsp3) is 0.364. The Morgan fingerprint density at radius 2 is 2.24 bits per heavy atom. The van der Waals surface area contributed by atoms with E-state index >= 15 is 0 Å². The smallest absolute Gasteiger partial charge is 0.254 e. The van der Waals surface area contributed by atoms with E-state index in [0.29, 0.717) is 19.7 Å². The van der Waals surface area contributed by atoms with Crippen LogP contribution in [-0.4, -0.2) is 31.7 Å². The Kier molecular flexibility index (Phi) is 3.65. The van der Waals surface area contributed by atoms with E-state index in [4.69, 9.17) is 4.74 Å². The zero-order chi connectivity index (χ0) is 12.3. The normalized spacial score (nSPS) is 20.0. The summed E-state index contributed by atoms with van der Waals surface area (Å²) in [6, 6.07) is 3.20. The molecule has 2 N–H and O–H groups in total. The van der Waals surface area contributed by atoms with Crippen LogP contribution in [-0.2, 0) is 9.53 Å². The fourth-order valence-electron chi connectivity index (χ4n) is 1.53. The van der Waals surface area contributed by atoms with Gasteiger partial charge in [-0.15, -0.1) is 0 Å². The summed E-state index contributed by atoms with van der Waals surface area (Å²) in [7, 11) is 0. The van der Waals surface area contributed by atoms with Crippen LogP contribution in [0.15, 0.2) is 18.2 Å². The van der Waals surface area contributed by atoms with Gasteiger partial charge in [0.25, 0.3) is 5.91 Å². The third-order valence-electron chi connectivity index (χ3n) is 2.41. The number of rotatable bonds is 2. The van der Waals surface area contributed by atoms with Gasteiger partial charge in [0.15, 0.2) is 11.6 Å². The highest BCUT2D eigenvalue weighted by molar-refractivity contribution is 5.94. The van der Waals surface area contributed by atoms with Crippen molar-refractivity contribution >= 4 is 11.6 Å². The van der Waals surface area contributed by atoms with Gasteiger partial charge in [-0.25, -0.2) is 8.78 Å². The number of nitrogens with one attached hydrogen (secondary N) is 2. The van der Waals surface area contributed by atoms with Gasteiger partial charge in [0, 0.05) is 24.8 Å². The summed E-state index contributed by atoms with van der Waals surface area (Å²) in [5, 5.41) is 5.47. The van der Waals surface area contributed by atoms with E-state index in [9.17, 15) is 13.6 Å². The number of halogens is 2. The number of ether oxygens (including phenoxy) is 1. The molecule has 1 fully saturated rings. The van der Waals surface area contributed by atoms with Gasteiger partial charge in [-0.1, -0.05) is 0 Å². The van der Waals surface area contributed by atoms with Crippen LogP contribution in [0.4, 0.5) is 14.5 Å². The number of carbonyl (C=O) groups is 1. The first kappa shape index (κ1) is 11.9. The number of carbonyl (C=O) groups excluding carboxylic acids is 1. The first-order chi connectivity index (χ1) is 8.16. The lowest BCUT2D eigenvalue weighted by molar-refractivity contribution is -0.128. The maximum atomic E-state index is 12.9. The van der Waals surface area contributed by atoms with Crippen molar-refractivity contribution in [1.82, 2.24) is 5.32 Å². The van der Waals surface area contributed by atoms with Gasteiger partial charge in [0.2, 0.25) is 0 Å². The van der Waals surface area contributed by atoms with E-state index < -0.39 is 17.7 Å². The number of anilines is 1. The molecule has 4 nitrogen and oxygen atoms in total. The lowest BCUT2D eigenvalue weighted by atomic mass is 10.2.